The van der Waals surface area contributed by atoms with Gasteiger partial charge in [0.2, 0.25) is 0 Å². The Balaban J connectivity index is 1.67. The van der Waals surface area contributed by atoms with Crippen LogP contribution in [0.5, 0.6) is 5.75 Å². The Morgan fingerprint density at radius 1 is 0.970 bits per heavy atom. The predicted octanol–water partition coefficient (Wildman–Crippen LogP) is 6.03. The Bertz CT molecular complexity index is 1300. The summed E-state index contributed by atoms with van der Waals surface area (Å²) in [6.07, 6.45) is 1.81. The van der Waals surface area contributed by atoms with E-state index in [-0.39, 0.29) is 17.8 Å². The zero-order valence-electron chi connectivity index (χ0n) is 18.2. The number of anilines is 1. The summed E-state index contributed by atoms with van der Waals surface area (Å²) in [5.41, 5.74) is 6.25. The molecule has 1 aliphatic rings. The molecule has 1 saturated heterocycles. The molecule has 166 valence electrons. The zero-order chi connectivity index (χ0) is 23.1. The number of nitrogens with zero attached hydrogens (tertiary/aromatic N) is 3. The quantitative estimate of drug-likeness (QED) is 0.354. The smallest absolute Gasteiger partial charge is 0.174 e. The molecule has 3 heterocycles. The lowest BCUT2D eigenvalue weighted by atomic mass is 9.96. The van der Waals surface area contributed by atoms with Crippen molar-refractivity contribution in [2.24, 2.45) is 0 Å². The van der Waals surface area contributed by atoms with Gasteiger partial charge in [-0.25, -0.2) is 0 Å². The van der Waals surface area contributed by atoms with E-state index in [4.69, 9.17) is 23.8 Å². The molecule has 0 saturated carbocycles. The van der Waals surface area contributed by atoms with Crippen LogP contribution in [0, 0.1) is 13.8 Å². The fourth-order valence-corrected chi connectivity index (χ4v) is 5.11. The number of benzene rings is 2. The van der Waals surface area contributed by atoms with Crippen molar-refractivity contribution in [2.75, 3.05) is 4.90 Å². The number of phenolic OH excluding ortho intramolecular Hbond substituents is 1. The first kappa shape index (κ1) is 21.5. The maximum Gasteiger partial charge on any atom is 0.174 e. The molecule has 2 N–H and O–H groups in total. The maximum absolute atomic E-state index is 9.74. The van der Waals surface area contributed by atoms with Gasteiger partial charge in [-0.05, 0) is 98.4 Å². The van der Waals surface area contributed by atoms with Crippen LogP contribution in [-0.2, 0) is 0 Å². The van der Waals surface area contributed by atoms with Gasteiger partial charge in [0.15, 0.2) is 5.11 Å². The largest absolute Gasteiger partial charge is 0.508 e. The molecule has 0 bridgehead atoms. The summed E-state index contributed by atoms with van der Waals surface area (Å²) in [4.78, 5) is 6.78. The highest BCUT2D eigenvalue weighted by molar-refractivity contribution is 7.80. The monoisotopic (exact) mass is 474 g/mol. The second-order valence-corrected chi connectivity index (χ2v) is 8.97. The average Bonchev–Trinajstić information content (AvgIpc) is 3.31. The van der Waals surface area contributed by atoms with Crippen LogP contribution in [0.1, 0.15) is 34.7 Å². The summed E-state index contributed by atoms with van der Waals surface area (Å²) in [5, 5.41) is 14.6. The van der Waals surface area contributed by atoms with E-state index in [0.717, 1.165) is 34.0 Å². The van der Waals surface area contributed by atoms with E-state index < -0.39 is 0 Å². The van der Waals surface area contributed by atoms with Gasteiger partial charge >= 0.3 is 0 Å². The molecule has 0 amide bonds. The fraction of sp³-hybridized carbons (Fsp3) is 0.154. The van der Waals surface area contributed by atoms with Crippen molar-refractivity contribution in [1.29, 1.82) is 0 Å². The zero-order valence-corrected chi connectivity index (χ0v) is 19.8. The standard InChI is InChI=1S/C26H23ClN4OS/c1-16-15-22(17(2)30(16)19-10-12-21(32)13-11-19)25-24(23-5-3-4-14-28-23)29-26(33)31(25)20-8-6-18(27)7-9-20/h3-15,24-25,32H,1-2H3,(H,29,33)/t24-,25+/m0/s1. The van der Waals surface area contributed by atoms with Crippen molar-refractivity contribution < 1.29 is 5.11 Å². The number of aromatic hydroxyl groups is 1. The van der Waals surface area contributed by atoms with Crippen molar-refractivity contribution in [3.8, 4) is 11.4 Å². The van der Waals surface area contributed by atoms with Crippen LogP contribution < -0.4 is 10.2 Å². The van der Waals surface area contributed by atoms with Gasteiger partial charge in [-0.15, -0.1) is 0 Å². The first-order valence-corrected chi connectivity index (χ1v) is 11.5. The summed E-state index contributed by atoms with van der Waals surface area (Å²) in [7, 11) is 0. The average molecular weight is 475 g/mol. The van der Waals surface area contributed by atoms with Crippen molar-refractivity contribution in [2.45, 2.75) is 25.9 Å². The number of rotatable bonds is 4. The molecular weight excluding hydrogens is 452 g/mol. The summed E-state index contributed by atoms with van der Waals surface area (Å²) in [6.45, 7) is 4.21. The second kappa shape index (κ2) is 8.54. The van der Waals surface area contributed by atoms with Crippen LogP contribution in [0.3, 0.4) is 0 Å². The Morgan fingerprint density at radius 2 is 1.67 bits per heavy atom. The summed E-state index contributed by atoms with van der Waals surface area (Å²) in [6, 6.07) is 22.9. The SMILES string of the molecule is Cc1cc([C@@H]2[C@H](c3ccccn3)NC(=S)N2c2ccc(Cl)cc2)c(C)n1-c1ccc(O)cc1. The van der Waals surface area contributed by atoms with Gasteiger partial charge in [-0.2, -0.15) is 0 Å². The molecule has 0 spiro atoms. The topological polar surface area (TPSA) is 53.3 Å². The maximum atomic E-state index is 9.74. The number of halogens is 1. The second-order valence-electron chi connectivity index (χ2n) is 8.15. The first-order chi connectivity index (χ1) is 15.9. The lowest BCUT2D eigenvalue weighted by molar-refractivity contribution is 0.475. The van der Waals surface area contributed by atoms with Gasteiger partial charge in [-0.1, -0.05) is 17.7 Å². The number of pyridine rings is 1. The molecular formula is C26H23ClN4OS. The molecule has 5 rings (SSSR count). The molecule has 4 aromatic rings. The molecule has 2 aromatic heterocycles. The van der Waals surface area contributed by atoms with Crippen LogP contribution in [0.15, 0.2) is 79.0 Å². The van der Waals surface area contributed by atoms with Gasteiger partial charge in [-0.3, -0.25) is 4.98 Å². The third-order valence-electron chi connectivity index (χ3n) is 6.10. The van der Waals surface area contributed by atoms with Gasteiger partial charge in [0.25, 0.3) is 0 Å². The Morgan fingerprint density at radius 3 is 2.33 bits per heavy atom. The highest BCUT2D eigenvalue weighted by Crippen LogP contribution is 2.43. The number of aromatic nitrogens is 2. The number of thiocarbonyl (C=S) groups is 1. The highest BCUT2D eigenvalue weighted by atomic mass is 35.5. The molecule has 5 nitrogen and oxygen atoms in total. The molecule has 33 heavy (non-hydrogen) atoms. The van der Waals surface area contributed by atoms with Gasteiger partial charge < -0.3 is 19.9 Å². The van der Waals surface area contributed by atoms with Crippen LogP contribution in [0.25, 0.3) is 5.69 Å². The van der Waals surface area contributed by atoms with E-state index in [1.807, 2.05) is 60.8 Å². The first-order valence-electron chi connectivity index (χ1n) is 10.7. The van der Waals surface area contributed by atoms with Crippen molar-refractivity contribution in [3.63, 3.8) is 0 Å². The number of hydrogen-bond donors (Lipinski definition) is 2. The third kappa shape index (κ3) is 3.86. The molecule has 0 aliphatic carbocycles. The number of nitrogens with one attached hydrogen (secondary N) is 1. The molecule has 1 fully saturated rings. The van der Waals surface area contributed by atoms with E-state index in [9.17, 15) is 5.11 Å². The van der Waals surface area contributed by atoms with Gasteiger partial charge in [0.05, 0.1) is 17.8 Å². The van der Waals surface area contributed by atoms with Gasteiger partial charge in [0, 0.05) is 34.0 Å². The van der Waals surface area contributed by atoms with Crippen molar-refractivity contribution in [1.82, 2.24) is 14.9 Å². The Kier molecular flexibility index (Phi) is 5.56. The third-order valence-corrected chi connectivity index (χ3v) is 6.67. The molecule has 2 aromatic carbocycles. The number of phenols is 1. The minimum atomic E-state index is -0.122. The predicted molar refractivity (Wildman–Crippen MR) is 136 cm³/mol. The molecule has 0 unspecified atom stereocenters. The van der Waals surface area contributed by atoms with E-state index >= 15 is 0 Å². The lowest BCUT2D eigenvalue weighted by Gasteiger charge is -2.28. The van der Waals surface area contributed by atoms with Crippen LogP contribution in [-0.4, -0.2) is 19.8 Å². The molecule has 2 atom stereocenters. The fourth-order valence-electron chi connectivity index (χ4n) is 4.64. The van der Waals surface area contributed by atoms with E-state index in [1.165, 1.54) is 0 Å². The summed E-state index contributed by atoms with van der Waals surface area (Å²) >= 11 is 12.0. The van der Waals surface area contributed by atoms with Crippen molar-refractivity contribution >= 4 is 34.6 Å². The van der Waals surface area contributed by atoms with Crippen LogP contribution in [0.4, 0.5) is 5.69 Å². The van der Waals surface area contributed by atoms with E-state index in [2.05, 4.69) is 39.7 Å². The van der Waals surface area contributed by atoms with E-state index in [1.54, 1.807) is 12.1 Å². The highest BCUT2D eigenvalue weighted by Gasteiger charge is 2.42. The minimum Gasteiger partial charge on any atom is -0.508 e. The number of aryl methyl sites for hydroxylation is 1. The van der Waals surface area contributed by atoms with Crippen LogP contribution in [0.2, 0.25) is 5.02 Å². The van der Waals surface area contributed by atoms with Crippen LogP contribution >= 0.6 is 23.8 Å². The minimum absolute atomic E-state index is 0.106. The summed E-state index contributed by atoms with van der Waals surface area (Å²) in [5.74, 6) is 0.246. The summed E-state index contributed by atoms with van der Waals surface area (Å²) < 4.78 is 2.20. The normalized spacial score (nSPS) is 17.9. The lowest BCUT2D eigenvalue weighted by Crippen LogP contribution is -2.29. The van der Waals surface area contributed by atoms with Crippen molar-refractivity contribution in [3.05, 3.63) is 107 Å². The molecule has 1 aliphatic heterocycles. The molecule has 7 heteroatoms. The van der Waals surface area contributed by atoms with E-state index in [0.29, 0.717) is 10.1 Å². The molecule has 0 radical (unpaired) electrons. The Labute approximate surface area is 203 Å². The Hall–Kier alpha value is -3.35. The van der Waals surface area contributed by atoms with Gasteiger partial charge in [0.1, 0.15) is 5.75 Å². The number of hydrogen-bond acceptors (Lipinski definition) is 3.